The molecule has 6 N–H and O–H groups in total. The highest BCUT2D eigenvalue weighted by atomic mass is 16.6. The van der Waals surface area contributed by atoms with Crippen LogP contribution in [0.3, 0.4) is 0 Å². The number of nitrogens with two attached hydrogens (primary N) is 1. The lowest BCUT2D eigenvalue weighted by Crippen LogP contribution is -2.14. The van der Waals surface area contributed by atoms with Crippen LogP contribution in [0.2, 0.25) is 0 Å². The number of hydrogen-bond donors (Lipinski definition) is 5. The molecule has 102 valence electrons. The summed E-state index contributed by atoms with van der Waals surface area (Å²) in [4.78, 5) is 31.5. The molecule has 0 spiro atoms. The first-order valence-corrected chi connectivity index (χ1v) is 4.27. The van der Waals surface area contributed by atoms with E-state index in [9.17, 15) is 4.79 Å². The van der Waals surface area contributed by atoms with Gasteiger partial charge in [0.05, 0.1) is 5.56 Å². The average molecular weight is 270 g/mol. The number of rotatable bonds is 1. The molecule has 9 heteroatoms. The van der Waals surface area contributed by atoms with Crippen molar-refractivity contribution in [2.45, 2.75) is 0 Å². The third-order valence-corrected chi connectivity index (χ3v) is 1.20. The van der Waals surface area contributed by atoms with E-state index in [-0.39, 0.29) is 5.69 Å². The summed E-state index contributed by atoms with van der Waals surface area (Å²) in [6.45, 7) is 0. The first-order valence-electron chi connectivity index (χ1n) is 4.27. The van der Waals surface area contributed by atoms with E-state index in [2.05, 4.69) is 10.9 Å². The number of primary amides is 1. The monoisotopic (exact) mass is 270 g/mol. The van der Waals surface area contributed by atoms with Gasteiger partial charge in [0.15, 0.2) is 0 Å². The van der Waals surface area contributed by atoms with Gasteiger partial charge in [0.1, 0.15) is 5.69 Å². The Kier molecular flexibility index (Phi) is 9.44. The Balaban J connectivity index is 0. The van der Waals surface area contributed by atoms with E-state index in [0.717, 1.165) is 0 Å². The van der Waals surface area contributed by atoms with Crippen LogP contribution in [0.25, 0.3) is 0 Å². The van der Waals surface area contributed by atoms with E-state index in [1.54, 1.807) is 12.1 Å². The van der Waals surface area contributed by atoms with Gasteiger partial charge in [-0.15, -0.1) is 6.42 Å². The summed E-state index contributed by atoms with van der Waals surface area (Å²) in [7, 11) is 0. The molecular formula is C10H10N2O7. The molecule has 0 atom stereocenters. The second-order valence-corrected chi connectivity index (χ2v) is 2.47. The van der Waals surface area contributed by atoms with Crippen molar-refractivity contribution < 1.29 is 34.8 Å². The molecule has 0 aliphatic rings. The molecule has 0 aliphatic heterocycles. The number of amides is 1. The van der Waals surface area contributed by atoms with Crippen LogP contribution in [-0.2, 0) is 0 Å². The van der Waals surface area contributed by atoms with Gasteiger partial charge in [-0.2, -0.15) is 0 Å². The minimum atomic E-state index is -1.83. The molecule has 9 nitrogen and oxygen atoms in total. The van der Waals surface area contributed by atoms with Crippen LogP contribution in [0.4, 0.5) is 9.59 Å². The second-order valence-electron chi connectivity index (χ2n) is 2.47. The maximum atomic E-state index is 10.6. The van der Waals surface area contributed by atoms with Crippen molar-refractivity contribution in [1.29, 1.82) is 0 Å². The topological polar surface area (TPSA) is 171 Å². The Morgan fingerprint density at radius 3 is 1.84 bits per heavy atom. The summed E-state index contributed by atoms with van der Waals surface area (Å²) in [5.74, 6) is 1.72. The number of carboxylic acid groups (broad SMARTS) is 4. The quantitative estimate of drug-likeness (QED) is 0.461. The Morgan fingerprint density at radius 2 is 1.58 bits per heavy atom. The summed E-state index contributed by atoms with van der Waals surface area (Å²) < 4.78 is 0. The number of pyridine rings is 1. The molecule has 1 heterocycles. The maximum absolute atomic E-state index is 10.6. The number of nitrogens with zero attached hydrogens (tertiary/aromatic N) is 1. The lowest BCUT2D eigenvalue weighted by Gasteiger charge is -1.95. The highest BCUT2D eigenvalue weighted by Gasteiger charge is 2.05. The van der Waals surface area contributed by atoms with E-state index in [4.69, 9.17) is 42.2 Å². The summed E-state index contributed by atoms with van der Waals surface area (Å²) in [5.41, 5.74) is 5.57. The fraction of sp³-hybridized carbons (Fsp3) is 0. The fourth-order valence-electron chi connectivity index (χ4n) is 0.718. The molecule has 19 heavy (non-hydrogen) atoms. The van der Waals surface area contributed by atoms with Crippen molar-refractivity contribution in [1.82, 2.24) is 4.98 Å². The third kappa shape index (κ3) is 12.7. The zero-order valence-corrected chi connectivity index (χ0v) is 9.35. The van der Waals surface area contributed by atoms with Crippen molar-refractivity contribution in [3.8, 4) is 12.3 Å². The molecule has 0 radical (unpaired) electrons. The van der Waals surface area contributed by atoms with Crippen molar-refractivity contribution in [2.24, 2.45) is 5.73 Å². The highest BCUT2D eigenvalue weighted by Crippen LogP contribution is 2.01. The van der Waals surface area contributed by atoms with Crippen molar-refractivity contribution >= 4 is 18.2 Å². The molecule has 0 unspecified atom stereocenters. The molecule has 1 rings (SSSR count). The predicted molar refractivity (Wildman–Crippen MR) is 62.0 cm³/mol. The van der Waals surface area contributed by atoms with E-state index < -0.39 is 18.2 Å². The van der Waals surface area contributed by atoms with Crippen LogP contribution in [0.15, 0.2) is 18.3 Å². The molecule has 1 aromatic rings. The Labute approximate surface area is 106 Å². The zero-order valence-electron chi connectivity index (χ0n) is 9.35. The minimum Gasteiger partial charge on any atom is -0.450 e. The Bertz CT molecular complexity index is 473. The second kappa shape index (κ2) is 9.91. The molecule has 0 saturated heterocycles. The summed E-state index contributed by atoms with van der Waals surface area (Å²) >= 11 is 0. The SMILES string of the molecule is C#Cc1cccnc1C(N)=O.O=C(O)O.O=C(O)O. The predicted octanol–water partition coefficient (Wildman–Crippen LogP) is 0.607. The van der Waals surface area contributed by atoms with Crippen LogP contribution in [-0.4, -0.2) is 43.6 Å². The Hall–Kier alpha value is -3.28. The number of hydrogen-bond acceptors (Lipinski definition) is 4. The van der Waals surface area contributed by atoms with Gasteiger partial charge in [0, 0.05) is 6.20 Å². The van der Waals surface area contributed by atoms with E-state index >= 15 is 0 Å². The summed E-state index contributed by atoms with van der Waals surface area (Å²) in [5, 5.41) is 27.9. The molecule has 1 aromatic heterocycles. The van der Waals surface area contributed by atoms with Gasteiger partial charge in [-0.05, 0) is 12.1 Å². The van der Waals surface area contributed by atoms with Crippen LogP contribution in [0, 0.1) is 12.3 Å². The van der Waals surface area contributed by atoms with E-state index in [0.29, 0.717) is 5.56 Å². The van der Waals surface area contributed by atoms with Gasteiger partial charge in [0.2, 0.25) is 0 Å². The third-order valence-electron chi connectivity index (χ3n) is 1.20. The first-order chi connectivity index (χ1) is 8.72. The molecule has 0 saturated carbocycles. The normalized spacial score (nSPS) is 7.53. The summed E-state index contributed by atoms with van der Waals surface area (Å²) in [6.07, 6.45) is 2.90. The molecule has 1 amide bonds. The van der Waals surface area contributed by atoms with Gasteiger partial charge < -0.3 is 26.2 Å². The number of terminal acetylenes is 1. The van der Waals surface area contributed by atoms with Crippen molar-refractivity contribution in [3.63, 3.8) is 0 Å². The first kappa shape index (κ1) is 18.1. The number of aromatic nitrogens is 1. The highest BCUT2D eigenvalue weighted by molar-refractivity contribution is 5.93. The summed E-state index contributed by atoms with van der Waals surface area (Å²) in [6, 6.07) is 3.27. The number of carbonyl (C=O) groups excluding carboxylic acids is 1. The van der Waals surface area contributed by atoms with Crippen LogP contribution in [0.5, 0.6) is 0 Å². The van der Waals surface area contributed by atoms with Gasteiger partial charge in [-0.3, -0.25) is 4.79 Å². The lowest BCUT2D eigenvalue weighted by atomic mass is 10.2. The van der Waals surface area contributed by atoms with Gasteiger partial charge in [0.25, 0.3) is 5.91 Å². The van der Waals surface area contributed by atoms with Gasteiger partial charge in [-0.25, -0.2) is 14.6 Å². The lowest BCUT2D eigenvalue weighted by molar-refractivity contribution is 0.0994. The molecule has 0 aliphatic carbocycles. The van der Waals surface area contributed by atoms with Crippen LogP contribution < -0.4 is 5.73 Å². The molecule has 0 aromatic carbocycles. The largest absolute Gasteiger partial charge is 0.503 e. The molecule has 0 bridgehead atoms. The molecular weight excluding hydrogens is 260 g/mol. The Morgan fingerprint density at radius 1 is 1.16 bits per heavy atom. The zero-order chi connectivity index (χ0) is 15.4. The van der Waals surface area contributed by atoms with Gasteiger partial charge in [-0.1, -0.05) is 5.92 Å². The smallest absolute Gasteiger partial charge is 0.450 e. The molecule has 0 fully saturated rings. The number of carbonyl (C=O) groups is 3. The van der Waals surface area contributed by atoms with Gasteiger partial charge >= 0.3 is 12.3 Å². The minimum absolute atomic E-state index is 0.148. The van der Waals surface area contributed by atoms with Crippen LogP contribution >= 0.6 is 0 Å². The van der Waals surface area contributed by atoms with E-state index in [1.165, 1.54) is 6.20 Å². The van der Waals surface area contributed by atoms with Crippen molar-refractivity contribution in [3.05, 3.63) is 29.6 Å². The van der Waals surface area contributed by atoms with Crippen molar-refractivity contribution in [2.75, 3.05) is 0 Å². The average Bonchev–Trinajstić information content (AvgIpc) is 2.27. The standard InChI is InChI=1S/C8H6N2O.2CH2O3/c1-2-6-4-3-5-10-7(6)8(9)11;2*2-1(3)4/h1,3-5H,(H2,9,11);2*(H2,2,3,4). The maximum Gasteiger partial charge on any atom is 0.503 e. The van der Waals surface area contributed by atoms with Crippen LogP contribution in [0.1, 0.15) is 16.1 Å². The fourth-order valence-corrected chi connectivity index (χ4v) is 0.718. The van der Waals surface area contributed by atoms with E-state index in [1.807, 2.05) is 0 Å².